The van der Waals surface area contributed by atoms with Gasteiger partial charge in [-0.1, -0.05) is 36.7 Å². The van der Waals surface area contributed by atoms with Gasteiger partial charge in [0.2, 0.25) is 0 Å². The number of rotatable bonds is 8. The largest absolute Gasteiger partial charge is 0.358 e. The Bertz CT molecular complexity index is 574. The zero-order chi connectivity index (χ0) is 14.8. The second kappa shape index (κ2) is 8.33. The maximum absolute atomic E-state index is 11.9. The van der Waals surface area contributed by atoms with Crippen LogP contribution in [0.25, 0.3) is 0 Å². The quantitative estimate of drug-likeness (QED) is 0.544. The molecule has 6 heteroatoms. The number of unbranched alkanes of at least 4 members (excludes halogenated alkanes) is 1. The molecule has 20 heavy (non-hydrogen) atoms. The molecule has 0 amide bonds. The molecule has 108 valence electrons. The highest BCUT2D eigenvalue weighted by atomic mass is 32.2. The number of oxime groups is 1. The van der Waals surface area contributed by atoms with Crippen molar-refractivity contribution in [3.63, 3.8) is 0 Å². The fourth-order valence-corrected chi connectivity index (χ4v) is 2.31. The van der Waals surface area contributed by atoms with E-state index in [1.807, 2.05) is 13.0 Å². The van der Waals surface area contributed by atoms with Crippen molar-refractivity contribution in [2.24, 2.45) is 5.16 Å². The number of hydrogen-bond donors (Lipinski definition) is 0. The molecule has 0 bridgehead atoms. The van der Waals surface area contributed by atoms with Crippen LogP contribution in [0.3, 0.4) is 0 Å². The normalized spacial score (nSPS) is 11.9. The molecule has 0 aliphatic carbocycles. The van der Waals surface area contributed by atoms with Crippen LogP contribution in [0.5, 0.6) is 0 Å². The van der Waals surface area contributed by atoms with Gasteiger partial charge in [0, 0.05) is 12.8 Å². The maximum atomic E-state index is 11.9. The van der Waals surface area contributed by atoms with Crippen LogP contribution in [0.2, 0.25) is 0 Å². The van der Waals surface area contributed by atoms with Crippen LogP contribution in [0.15, 0.2) is 40.4 Å². The van der Waals surface area contributed by atoms with Gasteiger partial charge in [-0.3, -0.25) is 4.28 Å². The van der Waals surface area contributed by atoms with Crippen molar-refractivity contribution < 1.29 is 12.7 Å². The monoisotopic (exact) mass is 294 g/mol. The van der Waals surface area contributed by atoms with E-state index in [9.17, 15) is 8.42 Å². The molecule has 0 saturated carbocycles. The molecule has 5 nitrogen and oxygen atoms in total. The predicted molar refractivity (Wildman–Crippen MR) is 76.5 cm³/mol. The first kappa shape index (κ1) is 16.2. The minimum Gasteiger partial charge on any atom is -0.265 e. The average Bonchev–Trinajstić information content (AvgIpc) is 2.47. The summed E-state index contributed by atoms with van der Waals surface area (Å²) in [6.45, 7) is 2.03. The summed E-state index contributed by atoms with van der Waals surface area (Å²) in [5, 5.41) is 12.3. The van der Waals surface area contributed by atoms with Crippen LogP contribution in [-0.2, 0) is 14.4 Å². The van der Waals surface area contributed by atoms with Gasteiger partial charge in [0.25, 0.3) is 0 Å². The molecule has 0 N–H and O–H groups in total. The van der Waals surface area contributed by atoms with Gasteiger partial charge in [-0.05, 0) is 25.0 Å². The second-order valence-corrected chi connectivity index (χ2v) is 5.79. The van der Waals surface area contributed by atoms with Gasteiger partial charge in [-0.25, -0.2) is 0 Å². The lowest BCUT2D eigenvalue weighted by Gasteiger charge is -2.05. The number of nitrogens with zero attached hydrogens (tertiary/aromatic N) is 2. The highest BCUT2D eigenvalue weighted by Gasteiger charge is 2.15. The Morgan fingerprint density at radius 1 is 1.30 bits per heavy atom. The van der Waals surface area contributed by atoms with Crippen molar-refractivity contribution in [1.82, 2.24) is 0 Å². The molecule has 0 unspecified atom stereocenters. The number of benzene rings is 1. The van der Waals surface area contributed by atoms with Crippen molar-refractivity contribution in [2.45, 2.75) is 43.9 Å². The van der Waals surface area contributed by atoms with Crippen LogP contribution in [-0.4, -0.2) is 14.1 Å². The Morgan fingerprint density at radius 2 is 2.00 bits per heavy atom. The minimum absolute atomic E-state index is 0.0684. The molecule has 1 rings (SSSR count). The first-order valence-corrected chi connectivity index (χ1v) is 7.92. The van der Waals surface area contributed by atoms with Crippen molar-refractivity contribution in [3.8, 4) is 6.07 Å². The van der Waals surface area contributed by atoms with Gasteiger partial charge in [-0.15, -0.1) is 0 Å². The predicted octanol–water partition coefficient (Wildman–Crippen LogP) is 3.24. The molecule has 0 spiro atoms. The summed E-state index contributed by atoms with van der Waals surface area (Å²) in [5.41, 5.74) is 0.605. The topological polar surface area (TPSA) is 79.5 Å². The summed E-state index contributed by atoms with van der Waals surface area (Å²) in [6.07, 6.45) is 3.23. The van der Waals surface area contributed by atoms with Gasteiger partial charge in [0.15, 0.2) is 0 Å². The van der Waals surface area contributed by atoms with Gasteiger partial charge >= 0.3 is 10.1 Å². The summed E-state index contributed by atoms with van der Waals surface area (Å²) >= 11 is 0. The summed E-state index contributed by atoms with van der Waals surface area (Å²) in [4.78, 5) is 0.0684. The van der Waals surface area contributed by atoms with E-state index in [0.29, 0.717) is 25.0 Å². The van der Waals surface area contributed by atoms with Crippen molar-refractivity contribution in [3.05, 3.63) is 30.3 Å². The lowest BCUT2D eigenvalue weighted by atomic mass is 10.1. The molecule has 0 aliphatic heterocycles. The number of hydrogen-bond acceptors (Lipinski definition) is 5. The first-order chi connectivity index (χ1) is 9.60. The lowest BCUT2D eigenvalue weighted by Crippen LogP contribution is -2.06. The zero-order valence-electron chi connectivity index (χ0n) is 11.4. The third-order valence-electron chi connectivity index (χ3n) is 2.64. The van der Waals surface area contributed by atoms with Crippen LogP contribution in [0.4, 0.5) is 0 Å². The molecule has 0 aliphatic rings. The molecule has 1 aromatic carbocycles. The summed E-state index contributed by atoms with van der Waals surface area (Å²) in [7, 11) is -3.88. The van der Waals surface area contributed by atoms with Gasteiger partial charge in [0.05, 0.1) is 11.8 Å². The lowest BCUT2D eigenvalue weighted by molar-refractivity contribution is 0.336. The van der Waals surface area contributed by atoms with E-state index >= 15 is 0 Å². The Morgan fingerprint density at radius 3 is 2.60 bits per heavy atom. The first-order valence-electron chi connectivity index (χ1n) is 6.51. The SMILES string of the molecule is CCCC/C(CCC#N)=N\OS(=O)(=O)c1ccccc1. The smallest absolute Gasteiger partial charge is 0.265 e. The molecule has 1 aromatic rings. The van der Waals surface area contributed by atoms with E-state index in [2.05, 4.69) is 5.16 Å². The molecular formula is C14H18N2O3S. The highest BCUT2D eigenvalue weighted by Crippen LogP contribution is 2.13. The van der Waals surface area contributed by atoms with Gasteiger partial charge in [0.1, 0.15) is 4.90 Å². The second-order valence-electron chi connectivity index (χ2n) is 4.26. The van der Waals surface area contributed by atoms with E-state index in [4.69, 9.17) is 9.55 Å². The third-order valence-corrected chi connectivity index (χ3v) is 3.76. The van der Waals surface area contributed by atoms with Crippen LogP contribution >= 0.6 is 0 Å². The average molecular weight is 294 g/mol. The fraction of sp³-hybridized carbons (Fsp3) is 0.429. The minimum atomic E-state index is -3.88. The van der Waals surface area contributed by atoms with E-state index in [1.54, 1.807) is 18.2 Å². The van der Waals surface area contributed by atoms with Crippen molar-refractivity contribution >= 4 is 15.8 Å². The molecular weight excluding hydrogens is 276 g/mol. The zero-order valence-corrected chi connectivity index (χ0v) is 12.3. The standard InChI is InChI=1S/C14H18N2O3S/c1-2-3-8-13(9-7-12-15)16-19-20(17,18)14-10-5-4-6-11-14/h4-6,10-11H,2-3,7-9H2,1H3/b16-13+. The summed E-state index contributed by atoms with van der Waals surface area (Å²) < 4.78 is 28.5. The van der Waals surface area contributed by atoms with E-state index < -0.39 is 10.1 Å². The van der Waals surface area contributed by atoms with Gasteiger partial charge in [-0.2, -0.15) is 13.7 Å². The molecule has 0 radical (unpaired) electrons. The number of nitriles is 1. The Kier molecular flexibility index (Phi) is 6.74. The highest BCUT2D eigenvalue weighted by molar-refractivity contribution is 7.86. The van der Waals surface area contributed by atoms with Gasteiger partial charge < -0.3 is 0 Å². The van der Waals surface area contributed by atoms with Crippen molar-refractivity contribution in [1.29, 1.82) is 5.26 Å². The Balaban J connectivity index is 2.77. The Hall–Kier alpha value is -1.87. The third kappa shape index (κ3) is 5.41. The fourth-order valence-electron chi connectivity index (χ4n) is 1.53. The molecule has 0 fully saturated rings. The van der Waals surface area contributed by atoms with Crippen LogP contribution in [0.1, 0.15) is 39.0 Å². The molecule has 0 heterocycles. The molecule has 0 atom stereocenters. The summed E-state index contributed by atoms with van der Waals surface area (Å²) in [5.74, 6) is 0. The van der Waals surface area contributed by atoms with E-state index in [-0.39, 0.29) is 4.90 Å². The van der Waals surface area contributed by atoms with E-state index in [0.717, 1.165) is 12.8 Å². The van der Waals surface area contributed by atoms with Crippen LogP contribution in [0, 0.1) is 11.3 Å². The molecule has 0 aromatic heterocycles. The Labute approximate surface area is 120 Å². The van der Waals surface area contributed by atoms with Crippen molar-refractivity contribution in [2.75, 3.05) is 0 Å². The van der Waals surface area contributed by atoms with E-state index in [1.165, 1.54) is 12.1 Å². The maximum Gasteiger partial charge on any atom is 0.358 e. The van der Waals surface area contributed by atoms with Crippen LogP contribution < -0.4 is 0 Å². The molecule has 0 saturated heterocycles. The summed E-state index contributed by atoms with van der Waals surface area (Å²) in [6, 6.07) is 9.88.